The first-order chi connectivity index (χ1) is 18.2. The number of amides is 1. The van der Waals surface area contributed by atoms with Crippen LogP contribution in [0.25, 0.3) is 0 Å². The van der Waals surface area contributed by atoms with Gasteiger partial charge in [0.1, 0.15) is 54.6 Å². The van der Waals surface area contributed by atoms with Gasteiger partial charge in [-0.05, 0) is 6.42 Å². The standard InChI is InChI=1S/C17H22F2N2O3.C10H10F2O2/c1-3-7-23-13-8-15(18)14(16(19)9-13)11-24-17(22)21-6-5-20-10-12(21)4-2;1-2-3-14-7-4-9(11)8(6-13)10(12)5-7/h3,8-9,12,20H,1,4-7,10-11H2,2H3;2,4-5,13H,1,3,6H2. The molecule has 7 nitrogen and oxygen atoms in total. The first kappa shape index (κ1) is 30.7. The Hall–Kier alpha value is -3.57. The number of nitrogens with one attached hydrogen (secondary N) is 1. The maximum absolute atomic E-state index is 14.0. The Balaban J connectivity index is 0.000000308. The quantitative estimate of drug-likeness (QED) is 0.331. The Morgan fingerprint density at radius 1 is 1.00 bits per heavy atom. The topological polar surface area (TPSA) is 80.3 Å². The molecule has 0 spiro atoms. The molecule has 1 atom stereocenters. The molecule has 3 rings (SSSR count). The van der Waals surface area contributed by atoms with E-state index in [4.69, 9.17) is 19.3 Å². The highest BCUT2D eigenvalue weighted by atomic mass is 19.1. The molecular formula is C27H32F4N2O5. The first-order valence-corrected chi connectivity index (χ1v) is 11.9. The number of carbonyl (C=O) groups excluding carboxylic acids is 1. The van der Waals surface area contributed by atoms with Crippen LogP contribution in [0, 0.1) is 23.3 Å². The number of benzene rings is 2. The molecule has 0 aliphatic carbocycles. The molecule has 1 fully saturated rings. The number of ether oxygens (including phenoxy) is 3. The summed E-state index contributed by atoms with van der Waals surface area (Å²) in [6.07, 6.45) is 3.16. The molecule has 1 saturated heterocycles. The summed E-state index contributed by atoms with van der Waals surface area (Å²) >= 11 is 0. The lowest BCUT2D eigenvalue weighted by Gasteiger charge is -2.34. The Morgan fingerprint density at radius 2 is 1.50 bits per heavy atom. The van der Waals surface area contributed by atoms with Crippen LogP contribution in [0.4, 0.5) is 22.4 Å². The fourth-order valence-electron chi connectivity index (χ4n) is 3.51. The van der Waals surface area contributed by atoms with Gasteiger partial charge in [0.25, 0.3) is 0 Å². The van der Waals surface area contributed by atoms with Gasteiger partial charge in [-0.25, -0.2) is 22.4 Å². The average molecular weight is 541 g/mol. The fourth-order valence-corrected chi connectivity index (χ4v) is 3.51. The summed E-state index contributed by atoms with van der Waals surface area (Å²) in [4.78, 5) is 13.8. The van der Waals surface area contributed by atoms with E-state index in [2.05, 4.69) is 18.5 Å². The summed E-state index contributed by atoms with van der Waals surface area (Å²) in [7, 11) is 0. The largest absolute Gasteiger partial charge is 0.489 e. The number of rotatable bonds is 10. The predicted molar refractivity (Wildman–Crippen MR) is 134 cm³/mol. The second-order valence-electron chi connectivity index (χ2n) is 8.10. The minimum absolute atomic E-state index is 0.0237. The van der Waals surface area contributed by atoms with E-state index in [0.717, 1.165) is 30.7 Å². The number of hydrogen-bond donors (Lipinski definition) is 2. The van der Waals surface area contributed by atoms with Crippen LogP contribution < -0.4 is 14.8 Å². The maximum atomic E-state index is 14.0. The predicted octanol–water partition coefficient (Wildman–Crippen LogP) is 4.87. The van der Waals surface area contributed by atoms with Gasteiger partial charge in [-0.1, -0.05) is 32.2 Å². The second kappa shape index (κ2) is 15.6. The Labute approximate surface area is 219 Å². The van der Waals surface area contributed by atoms with E-state index in [9.17, 15) is 22.4 Å². The monoisotopic (exact) mass is 540 g/mol. The summed E-state index contributed by atoms with van der Waals surface area (Å²) < 4.78 is 69.2. The highest BCUT2D eigenvalue weighted by Gasteiger charge is 2.27. The summed E-state index contributed by atoms with van der Waals surface area (Å²) in [6, 6.07) is 4.21. The average Bonchev–Trinajstić information content (AvgIpc) is 2.90. The number of piperazine rings is 1. The van der Waals surface area contributed by atoms with E-state index >= 15 is 0 Å². The second-order valence-corrected chi connectivity index (χ2v) is 8.10. The van der Waals surface area contributed by atoms with Crippen molar-refractivity contribution in [3.05, 3.63) is 84.0 Å². The number of aliphatic hydroxyl groups excluding tert-OH is 1. The van der Waals surface area contributed by atoms with Crippen molar-refractivity contribution in [2.24, 2.45) is 0 Å². The zero-order chi connectivity index (χ0) is 28.1. The molecule has 2 aromatic rings. The molecular weight excluding hydrogens is 508 g/mol. The van der Waals surface area contributed by atoms with Crippen LogP contribution in [0.15, 0.2) is 49.6 Å². The number of hydrogen-bond acceptors (Lipinski definition) is 6. The van der Waals surface area contributed by atoms with Gasteiger partial charge in [0.15, 0.2) is 0 Å². The van der Waals surface area contributed by atoms with E-state index in [-0.39, 0.29) is 41.9 Å². The van der Waals surface area contributed by atoms with Crippen molar-refractivity contribution in [1.29, 1.82) is 0 Å². The van der Waals surface area contributed by atoms with Gasteiger partial charge in [0, 0.05) is 55.5 Å². The lowest BCUT2D eigenvalue weighted by Crippen LogP contribution is -2.53. The van der Waals surface area contributed by atoms with E-state index < -0.39 is 42.6 Å². The molecule has 38 heavy (non-hydrogen) atoms. The minimum Gasteiger partial charge on any atom is -0.489 e. The van der Waals surface area contributed by atoms with Gasteiger partial charge in [-0.3, -0.25) is 0 Å². The highest BCUT2D eigenvalue weighted by molar-refractivity contribution is 5.68. The van der Waals surface area contributed by atoms with E-state index in [1.54, 1.807) is 4.90 Å². The normalized spacial score (nSPS) is 14.7. The lowest BCUT2D eigenvalue weighted by molar-refractivity contribution is 0.0699. The summed E-state index contributed by atoms with van der Waals surface area (Å²) in [5.41, 5.74) is -0.645. The highest BCUT2D eigenvalue weighted by Crippen LogP contribution is 2.23. The molecule has 208 valence electrons. The molecule has 1 aliphatic rings. The third kappa shape index (κ3) is 8.77. The fraction of sp³-hybridized carbons (Fsp3) is 0.370. The Bertz CT molecular complexity index is 1050. The third-order valence-electron chi connectivity index (χ3n) is 5.52. The van der Waals surface area contributed by atoms with Gasteiger partial charge in [0.2, 0.25) is 0 Å². The minimum atomic E-state index is -0.813. The Kier molecular flexibility index (Phi) is 12.6. The Morgan fingerprint density at radius 3 is 1.95 bits per heavy atom. The van der Waals surface area contributed by atoms with E-state index in [1.807, 2.05) is 6.92 Å². The maximum Gasteiger partial charge on any atom is 0.410 e. The molecule has 1 amide bonds. The zero-order valence-corrected chi connectivity index (χ0v) is 21.2. The van der Waals surface area contributed by atoms with Crippen molar-refractivity contribution < 1.29 is 41.7 Å². The van der Waals surface area contributed by atoms with E-state index in [0.29, 0.717) is 19.6 Å². The smallest absolute Gasteiger partial charge is 0.410 e. The van der Waals surface area contributed by atoms with Crippen molar-refractivity contribution in [3.8, 4) is 11.5 Å². The lowest BCUT2D eigenvalue weighted by atomic mass is 10.1. The first-order valence-electron chi connectivity index (χ1n) is 11.9. The van der Waals surface area contributed by atoms with Gasteiger partial charge < -0.3 is 29.5 Å². The van der Waals surface area contributed by atoms with Crippen molar-refractivity contribution >= 4 is 6.09 Å². The van der Waals surface area contributed by atoms with Crippen LogP contribution in [-0.4, -0.2) is 55.0 Å². The molecule has 2 aromatic carbocycles. The zero-order valence-electron chi connectivity index (χ0n) is 21.2. The van der Waals surface area contributed by atoms with Crippen LogP contribution in [0.2, 0.25) is 0 Å². The molecule has 2 N–H and O–H groups in total. The van der Waals surface area contributed by atoms with Crippen molar-refractivity contribution in [2.75, 3.05) is 32.8 Å². The van der Waals surface area contributed by atoms with Crippen LogP contribution >= 0.6 is 0 Å². The van der Waals surface area contributed by atoms with Crippen LogP contribution in [0.1, 0.15) is 24.5 Å². The number of nitrogens with zero attached hydrogens (tertiary/aromatic N) is 1. The molecule has 1 unspecified atom stereocenters. The van der Waals surface area contributed by atoms with Crippen LogP contribution in [0.5, 0.6) is 11.5 Å². The van der Waals surface area contributed by atoms with Crippen molar-refractivity contribution in [3.63, 3.8) is 0 Å². The molecule has 0 radical (unpaired) electrons. The van der Waals surface area contributed by atoms with Crippen LogP contribution in [-0.2, 0) is 18.0 Å². The van der Waals surface area contributed by atoms with Crippen molar-refractivity contribution in [2.45, 2.75) is 32.6 Å². The van der Waals surface area contributed by atoms with E-state index in [1.165, 1.54) is 12.2 Å². The number of carbonyl (C=O) groups is 1. The third-order valence-corrected chi connectivity index (χ3v) is 5.52. The summed E-state index contributed by atoms with van der Waals surface area (Å²) in [6.45, 7) is 9.90. The molecule has 0 bridgehead atoms. The van der Waals surface area contributed by atoms with Gasteiger partial charge in [-0.15, -0.1) is 0 Å². The molecule has 1 heterocycles. The van der Waals surface area contributed by atoms with Gasteiger partial charge in [-0.2, -0.15) is 0 Å². The van der Waals surface area contributed by atoms with Gasteiger partial charge in [0.05, 0.1) is 12.2 Å². The molecule has 0 saturated carbocycles. The van der Waals surface area contributed by atoms with Gasteiger partial charge >= 0.3 is 6.09 Å². The number of aliphatic hydroxyl groups is 1. The summed E-state index contributed by atoms with van der Waals surface area (Å²) in [5, 5.41) is 11.8. The van der Waals surface area contributed by atoms with Crippen molar-refractivity contribution in [1.82, 2.24) is 10.2 Å². The molecule has 11 heteroatoms. The molecule has 1 aliphatic heterocycles. The van der Waals surface area contributed by atoms with Crippen LogP contribution in [0.3, 0.4) is 0 Å². The number of halogens is 4. The SMILES string of the molecule is C=CCOc1cc(F)c(CO)c(F)c1.C=CCOc1cc(F)c(COC(=O)N2CCNCC2CC)c(F)c1. The summed E-state index contributed by atoms with van der Waals surface area (Å²) in [5.74, 6) is -3.10. The molecule has 0 aromatic heterocycles.